The van der Waals surface area contributed by atoms with E-state index >= 15 is 0 Å². The molecule has 3 atom stereocenters. The molecule has 2 fully saturated rings. The molecule has 1 heteroatoms. The minimum atomic E-state index is -0.244. The van der Waals surface area contributed by atoms with Crippen molar-refractivity contribution >= 4 is 0 Å². The summed E-state index contributed by atoms with van der Waals surface area (Å²) in [7, 11) is 0. The quantitative estimate of drug-likeness (QED) is 0.845. The van der Waals surface area contributed by atoms with E-state index in [-0.39, 0.29) is 11.5 Å². The summed E-state index contributed by atoms with van der Waals surface area (Å²) < 4.78 is 0. The number of aliphatic hydroxyl groups excluding tert-OH is 1. The van der Waals surface area contributed by atoms with Gasteiger partial charge in [-0.25, -0.2) is 0 Å². The monoisotopic (exact) mass is 258 g/mol. The molecule has 3 unspecified atom stereocenters. The Kier molecular flexibility index (Phi) is 3.21. The molecule has 19 heavy (non-hydrogen) atoms. The standard InChI is InChI=1S/C18H26O/c1-4-18(2,3)16-7-5-12(6-8-16)17(19)15-10-13-9-14(13)11-15/h5-8,13-15,17,19H,4,9-11H2,1-3H3. The highest BCUT2D eigenvalue weighted by Crippen LogP contribution is 2.57. The smallest absolute Gasteiger partial charge is 0.0818 e. The van der Waals surface area contributed by atoms with E-state index < -0.39 is 0 Å². The highest BCUT2D eigenvalue weighted by Gasteiger charge is 2.47. The SMILES string of the molecule is CCC(C)(C)c1ccc(C(O)C2CC3CC3C2)cc1. The van der Waals surface area contributed by atoms with Gasteiger partial charge in [0.1, 0.15) is 0 Å². The van der Waals surface area contributed by atoms with Crippen molar-refractivity contribution in [2.75, 3.05) is 0 Å². The summed E-state index contributed by atoms with van der Waals surface area (Å²) in [6, 6.07) is 8.69. The van der Waals surface area contributed by atoms with Crippen LogP contribution < -0.4 is 0 Å². The third kappa shape index (κ3) is 2.45. The second-order valence-corrected chi connectivity index (χ2v) is 7.29. The fourth-order valence-corrected chi connectivity index (χ4v) is 3.63. The molecule has 1 aromatic rings. The van der Waals surface area contributed by atoms with Crippen molar-refractivity contribution in [3.63, 3.8) is 0 Å². The molecule has 1 N–H and O–H groups in total. The summed E-state index contributed by atoms with van der Waals surface area (Å²) in [5.41, 5.74) is 2.72. The molecule has 0 bridgehead atoms. The lowest BCUT2D eigenvalue weighted by Gasteiger charge is -2.25. The zero-order chi connectivity index (χ0) is 13.6. The Morgan fingerprint density at radius 1 is 1.11 bits per heavy atom. The summed E-state index contributed by atoms with van der Waals surface area (Å²) >= 11 is 0. The zero-order valence-electron chi connectivity index (χ0n) is 12.4. The van der Waals surface area contributed by atoms with Crippen LogP contribution in [0, 0.1) is 17.8 Å². The highest BCUT2D eigenvalue weighted by molar-refractivity contribution is 5.29. The number of hydrogen-bond donors (Lipinski definition) is 1. The molecule has 0 aromatic heterocycles. The van der Waals surface area contributed by atoms with Crippen molar-refractivity contribution in [2.24, 2.45) is 17.8 Å². The number of hydrogen-bond acceptors (Lipinski definition) is 1. The summed E-state index contributed by atoms with van der Waals surface area (Å²) in [5.74, 6) is 2.39. The van der Waals surface area contributed by atoms with Crippen molar-refractivity contribution in [3.05, 3.63) is 35.4 Å². The van der Waals surface area contributed by atoms with Crippen LogP contribution in [-0.2, 0) is 5.41 Å². The van der Waals surface area contributed by atoms with Gasteiger partial charge < -0.3 is 5.11 Å². The van der Waals surface area contributed by atoms with Crippen LogP contribution in [-0.4, -0.2) is 5.11 Å². The van der Waals surface area contributed by atoms with E-state index in [0.717, 1.165) is 23.8 Å². The molecule has 0 heterocycles. The predicted molar refractivity (Wildman–Crippen MR) is 79.0 cm³/mol. The molecule has 0 amide bonds. The first-order chi connectivity index (χ1) is 9.01. The molecule has 2 aliphatic carbocycles. The maximum Gasteiger partial charge on any atom is 0.0818 e. The predicted octanol–water partition coefficient (Wildman–Crippen LogP) is 4.45. The summed E-state index contributed by atoms with van der Waals surface area (Å²) in [6.45, 7) is 6.79. The first-order valence-electron chi connectivity index (χ1n) is 7.80. The van der Waals surface area contributed by atoms with Crippen LogP contribution in [0.25, 0.3) is 0 Å². The number of aliphatic hydroxyl groups is 1. The molecule has 2 saturated carbocycles. The van der Waals surface area contributed by atoms with Gasteiger partial charge in [-0.05, 0) is 60.0 Å². The molecular weight excluding hydrogens is 232 g/mol. The maximum atomic E-state index is 10.5. The van der Waals surface area contributed by atoms with Crippen LogP contribution in [0.2, 0.25) is 0 Å². The average molecular weight is 258 g/mol. The number of benzene rings is 1. The second kappa shape index (κ2) is 4.63. The van der Waals surface area contributed by atoms with Gasteiger partial charge in [0.2, 0.25) is 0 Å². The first-order valence-corrected chi connectivity index (χ1v) is 7.80. The zero-order valence-corrected chi connectivity index (χ0v) is 12.4. The van der Waals surface area contributed by atoms with Crippen molar-refractivity contribution in [3.8, 4) is 0 Å². The topological polar surface area (TPSA) is 20.2 Å². The van der Waals surface area contributed by atoms with Crippen molar-refractivity contribution < 1.29 is 5.11 Å². The fraction of sp³-hybridized carbons (Fsp3) is 0.667. The summed E-state index contributed by atoms with van der Waals surface area (Å²) in [4.78, 5) is 0. The third-order valence-corrected chi connectivity index (χ3v) is 5.64. The van der Waals surface area contributed by atoms with Gasteiger partial charge in [0.25, 0.3) is 0 Å². The molecule has 2 aliphatic rings. The molecule has 104 valence electrons. The molecule has 0 saturated heterocycles. The van der Waals surface area contributed by atoms with Crippen LogP contribution in [0.3, 0.4) is 0 Å². The lowest BCUT2D eigenvalue weighted by atomic mass is 9.81. The van der Waals surface area contributed by atoms with Gasteiger partial charge in [0.05, 0.1) is 6.10 Å². The Labute approximate surface area is 117 Å². The van der Waals surface area contributed by atoms with Gasteiger partial charge in [-0.3, -0.25) is 0 Å². The lowest BCUT2D eigenvalue weighted by Crippen LogP contribution is -2.16. The van der Waals surface area contributed by atoms with Crippen LogP contribution in [0.1, 0.15) is 63.7 Å². The maximum absolute atomic E-state index is 10.5. The molecule has 3 rings (SSSR count). The Hall–Kier alpha value is -0.820. The van der Waals surface area contributed by atoms with E-state index in [2.05, 4.69) is 45.0 Å². The van der Waals surface area contributed by atoms with E-state index in [0.29, 0.717) is 5.92 Å². The van der Waals surface area contributed by atoms with Crippen molar-refractivity contribution in [1.29, 1.82) is 0 Å². The van der Waals surface area contributed by atoms with E-state index in [4.69, 9.17) is 0 Å². The van der Waals surface area contributed by atoms with Crippen LogP contribution in [0.4, 0.5) is 0 Å². The molecule has 0 aliphatic heterocycles. The van der Waals surface area contributed by atoms with Gasteiger partial charge in [0.15, 0.2) is 0 Å². The van der Waals surface area contributed by atoms with E-state index in [1.807, 2.05) is 0 Å². The molecule has 0 spiro atoms. The molecular formula is C18H26O. The van der Waals surface area contributed by atoms with E-state index in [1.165, 1.54) is 24.8 Å². The number of fused-ring (bicyclic) bond motifs is 1. The second-order valence-electron chi connectivity index (χ2n) is 7.29. The Balaban J connectivity index is 1.71. The average Bonchev–Trinajstić information content (AvgIpc) is 3.04. The van der Waals surface area contributed by atoms with Gasteiger partial charge in [0, 0.05) is 0 Å². The summed E-state index contributed by atoms with van der Waals surface area (Å²) in [6.07, 6.45) is 4.81. The van der Waals surface area contributed by atoms with Crippen LogP contribution in [0.5, 0.6) is 0 Å². The van der Waals surface area contributed by atoms with Gasteiger partial charge in [-0.1, -0.05) is 45.0 Å². The molecule has 1 aromatic carbocycles. The largest absolute Gasteiger partial charge is 0.388 e. The van der Waals surface area contributed by atoms with Crippen LogP contribution >= 0.6 is 0 Å². The Morgan fingerprint density at radius 2 is 1.68 bits per heavy atom. The summed E-state index contributed by atoms with van der Waals surface area (Å²) in [5, 5.41) is 10.5. The molecule has 0 radical (unpaired) electrons. The van der Waals surface area contributed by atoms with Crippen LogP contribution in [0.15, 0.2) is 24.3 Å². The van der Waals surface area contributed by atoms with Gasteiger partial charge >= 0.3 is 0 Å². The normalized spacial score (nSPS) is 31.1. The Morgan fingerprint density at radius 3 is 2.21 bits per heavy atom. The first kappa shape index (κ1) is 13.2. The molecule has 1 nitrogen and oxygen atoms in total. The van der Waals surface area contributed by atoms with Gasteiger partial charge in [-0.2, -0.15) is 0 Å². The van der Waals surface area contributed by atoms with E-state index in [1.54, 1.807) is 0 Å². The Bertz CT molecular complexity index is 435. The minimum Gasteiger partial charge on any atom is -0.388 e. The lowest BCUT2D eigenvalue weighted by molar-refractivity contribution is 0.104. The van der Waals surface area contributed by atoms with Gasteiger partial charge in [-0.15, -0.1) is 0 Å². The third-order valence-electron chi connectivity index (χ3n) is 5.64. The van der Waals surface area contributed by atoms with Crippen molar-refractivity contribution in [1.82, 2.24) is 0 Å². The number of rotatable bonds is 4. The van der Waals surface area contributed by atoms with Crippen molar-refractivity contribution in [2.45, 2.75) is 58.0 Å². The fourth-order valence-electron chi connectivity index (χ4n) is 3.63. The highest BCUT2D eigenvalue weighted by atomic mass is 16.3. The minimum absolute atomic E-state index is 0.235. The van der Waals surface area contributed by atoms with E-state index in [9.17, 15) is 5.11 Å².